The molecule has 1 saturated carbocycles. The van der Waals surface area contributed by atoms with Crippen LogP contribution in [0, 0.1) is 19.7 Å². The molecule has 5 aromatic rings. The average molecular weight is 465 g/mol. The smallest absolute Gasteiger partial charge is 0.219 e. The lowest BCUT2D eigenvalue weighted by atomic mass is 9.83. The number of pyridine rings is 1. The summed E-state index contributed by atoms with van der Waals surface area (Å²) in [6, 6.07) is 21.3. The quantitative estimate of drug-likeness (QED) is 0.244. The lowest BCUT2D eigenvalue weighted by Crippen LogP contribution is -2.31. The molecule has 3 heteroatoms. The molecule has 0 unspecified atom stereocenters. The minimum atomic E-state index is -0.204. The molecule has 0 spiro atoms. The van der Waals surface area contributed by atoms with Crippen molar-refractivity contribution in [2.24, 2.45) is 7.05 Å². The van der Waals surface area contributed by atoms with E-state index in [2.05, 4.69) is 61.5 Å². The molecule has 0 saturated heterocycles. The van der Waals surface area contributed by atoms with Crippen LogP contribution in [0.2, 0.25) is 0 Å². The molecule has 0 N–H and O–H groups in total. The van der Waals surface area contributed by atoms with Crippen molar-refractivity contribution in [3.63, 3.8) is 0 Å². The van der Waals surface area contributed by atoms with Crippen LogP contribution in [-0.2, 0) is 7.05 Å². The number of benzene rings is 3. The maximum atomic E-state index is 14.6. The molecule has 0 atom stereocenters. The Morgan fingerprint density at radius 2 is 1.57 bits per heavy atom. The van der Waals surface area contributed by atoms with E-state index in [1.807, 2.05) is 17.8 Å². The minimum Gasteiger partial charge on any atom is -0.454 e. The molecule has 0 bridgehead atoms. The molecule has 6 rings (SSSR count). The number of hydrogen-bond donors (Lipinski definition) is 0. The normalized spacial score (nSPS) is 14.7. The molecular weight excluding hydrogens is 433 g/mol. The van der Waals surface area contributed by atoms with Crippen molar-refractivity contribution >= 4 is 21.9 Å². The van der Waals surface area contributed by atoms with Crippen molar-refractivity contribution in [1.82, 2.24) is 0 Å². The Bertz CT molecular complexity index is 1560. The SMILES string of the molecule is Cc1c[n+](C)c(-c2c(C)ccc3c2oc2c(-c4ccc(C5CCCCC5)cc4)cccc23)cc1F. The number of para-hydroxylation sites is 1. The van der Waals surface area contributed by atoms with Crippen LogP contribution in [0.3, 0.4) is 0 Å². The van der Waals surface area contributed by atoms with Gasteiger partial charge in [0.05, 0.1) is 5.56 Å². The van der Waals surface area contributed by atoms with Gasteiger partial charge in [0.2, 0.25) is 5.69 Å². The summed E-state index contributed by atoms with van der Waals surface area (Å²) in [5.74, 6) is 0.491. The van der Waals surface area contributed by atoms with Crippen LogP contribution < -0.4 is 4.57 Å². The Balaban J connectivity index is 1.51. The highest BCUT2D eigenvalue weighted by atomic mass is 19.1. The molecule has 2 aromatic heterocycles. The second-order valence-electron chi connectivity index (χ2n) is 10.2. The van der Waals surface area contributed by atoms with E-state index in [4.69, 9.17) is 4.42 Å². The topological polar surface area (TPSA) is 17.0 Å². The van der Waals surface area contributed by atoms with Crippen LogP contribution in [0.25, 0.3) is 44.3 Å². The van der Waals surface area contributed by atoms with Crippen LogP contribution in [-0.4, -0.2) is 0 Å². The molecule has 0 aliphatic heterocycles. The van der Waals surface area contributed by atoms with Gasteiger partial charge >= 0.3 is 0 Å². The van der Waals surface area contributed by atoms with E-state index in [1.54, 1.807) is 13.0 Å². The Morgan fingerprint density at radius 1 is 0.829 bits per heavy atom. The van der Waals surface area contributed by atoms with Gasteiger partial charge in [0.1, 0.15) is 24.0 Å². The van der Waals surface area contributed by atoms with E-state index in [0.29, 0.717) is 11.5 Å². The van der Waals surface area contributed by atoms with Gasteiger partial charge in [0, 0.05) is 28.0 Å². The molecule has 1 aliphatic rings. The molecule has 35 heavy (non-hydrogen) atoms. The zero-order valence-electron chi connectivity index (χ0n) is 20.7. The van der Waals surface area contributed by atoms with Gasteiger partial charge in [-0.3, -0.25) is 0 Å². The predicted octanol–water partition coefficient (Wildman–Crippen LogP) is 8.55. The zero-order valence-corrected chi connectivity index (χ0v) is 20.7. The molecule has 1 fully saturated rings. The number of fused-ring (bicyclic) bond motifs is 3. The highest BCUT2D eigenvalue weighted by Gasteiger charge is 2.23. The van der Waals surface area contributed by atoms with Gasteiger partial charge in [-0.2, -0.15) is 0 Å². The van der Waals surface area contributed by atoms with Crippen LogP contribution in [0.4, 0.5) is 4.39 Å². The summed E-state index contributed by atoms with van der Waals surface area (Å²) in [7, 11) is 1.96. The van der Waals surface area contributed by atoms with Gasteiger partial charge in [-0.25, -0.2) is 8.96 Å². The van der Waals surface area contributed by atoms with Crippen LogP contribution in [0.15, 0.2) is 71.3 Å². The fourth-order valence-electron chi connectivity index (χ4n) is 5.88. The van der Waals surface area contributed by atoms with Gasteiger partial charge in [0.25, 0.3) is 0 Å². The van der Waals surface area contributed by atoms with Crippen molar-refractivity contribution in [2.75, 3.05) is 0 Å². The Morgan fingerprint density at radius 3 is 2.34 bits per heavy atom. The third-order valence-corrected chi connectivity index (χ3v) is 7.84. The Labute approximate surface area is 206 Å². The van der Waals surface area contributed by atoms with Gasteiger partial charge in [-0.1, -0.05) is 73.9 Å². The molecule has 2 heterocycles. The lowest BCUT2D eigenvalue weighted by molar-refractivity contribution is -0.661. The number of aryl methyl sites for hydroxylation is 3. The summed E-state index contributed by atoms with van der Waals surface area (Å²) < 4.78 is 23.2. The van der Waals surface area contributed by atoms with E-state index in [-0.39, 0.29) is 5.82 Å². The summed E-state index contributed by atoms with van der Waals surface area (Å²) in [5.41, 5.74) is 8.86. The minimum absolute atomic E-state index is 0.204. The average Bonchev–Trinajstić information content (AvgIpc) is 3.26. The van der Waals surface area contributed by atoms with Crippen LogP contribution in [0.5, 0.6) is 0 Å². The highest BCUT2D eigenvalue weighted by Crippen LogP contribution is 2.41. The first-order chi connectivity index (χ1) is 17.0. The largest absolute Gasteiger partial charge is 0.454 e. The summed E-state index contributed by atoms with van der Waals surface area (Å²) in [5, 5.41) is 2.15. The summed E-state index contributed by atoms with van der Waals surface area (Å²) in [4.78, 5) is 0. The summed E-state index contributed by atoms with van der Waals surface area (Å²) >= 11 is 0. The van der Waals surface area contributed by atoms with E-state index < -0.39 is 0 Å². The molecule has 2 nitrogen and oxygen atoms in total. The van der Waals surface area contributed by atoms with Gasteiger partial charge < -0.3 is 4.42 Å². The van der Waals surface area contributed by atoms with Gasteiger partial charge in [-0.05, 0) is 49.3 Å². The second-order valence-corrected chi connectivity index (χ2v) is 10.2. The van der Waals surface area contributed by atoms with E-state index in [0.717, 1.165) is 44.3 Å². The number of nitrogens with zero attached hydrogens (tertiary/aromatic N) is 1. The highest BCUT2D eigenvalue weighted by molar-refractivity contribution is 6.13. The molecule has 1 aliphatic carbocycles. The zero-order chi connectivity index (χ0) is 24.1. The third kappa shape index (κ3) is 3.74. The molecule has 0 radical (unpaired) electrons. The van der Waals surface area contributed by atoms with Gasteiger partial charge in [-0.15, -0.1) is 0 Å². The maximum Gasteiger partial charge on any atom is 0.219 e. The van der Waals surface area contributed by atoms with E-state index in [1.165, 1.54) is 43.2 Å². The molecule has 176 valence electrons. The Hall–Kier alpha value is -3.46. The maximum absolute atomic E-state index is 14.6. The number of rotatable bonds is 3. The van der Waals surface area contributed by atoms with Crippen molar-refractivity contribution in [1.29, 1.82) is 0 Å². The summed E-state index contributed by atoms with van der Waals surface area (Å²) in [6.45, 7) is 3.85. The molecular formula is C32H31FNO+. The number of furan rings is 1. The van der Waals surface area contributed by atoms with E-state index in [9.17, 15) is 4.39 Å². The second kappa shape index (κ2) is 8.64. The van der Waals surface area contributed by atoms with E-state index >= 15 is 0 Å². The number of halogens is 1. The Kier molecular flexibility index (Phi) is 5.44. The van der Waals surface area contributed by atoms with Gasteiger partial charge in [0.15, 0.2) is 6.20 Å². The predicted molar refractivity (Wildman–Crippen MR) is 141 cm³/mol. The van der Waals surface area contributed by atoms with Crippen molar-refractivity contribution < 1.29 is 13.4 Å². The van der Waals surface area contributed by atoms with Crippen molar-refractivity contribution in [3.05, 3.63) is 89.4 Å². The molecule has 3 aromatic carbocycles. The first-order valence-corrected chi connectivity index (χ1v) is 12.7. The van der Waals surface area contributed by atoms with Crippen LogP contribution >= 0.6 is 0 Å². The number of hydrogen-bond acceptors (Lipinski definition) is 1. The summed E-state index contributed by atoms with van der Waals surface area (Å²) in [6.07, 6.45) is 8.50. The fourth-order valence-corrected chi connectivity index (χ4v) is 5.88. The monoisotopic (exact) mass is 464 g/mol. The number of aromatic nitrogens is 1. The third-order valence-electron chi connectivity index (χ3n) is 7.84. The van der Waals surface area contributed by atoms with Crippen LogP contribution in [0.1, 0.15) is 54.7 Å². The first kappa shape index (κ1) is 22.0. The standard InChI is InChI=1S/C32H31FNO/c1-20-12-17-27-26-11-7-10-25(24-15-13-23(14-16-24)22-8-5-4-6-9-22)31(26)35-32(27)30(20)29-18-28(33)21(2)19-34(29)3/h7,10-19,22H,4-6,8-9H2,1-3H3/q+1. The fraction of sp³-hybridized carbons (Fsp3) is 0.281. The lowest BCUT2D eigenvalue weighted by Gasteiger charge is -2.22. The first-order valence-electron chi connectivity index (χ1n) is 12.7. The van der Waals surface area contributed by atoms with Crippen molar-refractivity contribution in [2.45, 2.75) is 51.9 Å². The van der Waals surface area contributed by atoms with Crippen molar-refractivity contribution in [3.8, 4) is 22.4 Å². The molecule has 0 amide bonds.